The maximum atomic E-state index is 12.7. The lowest BCUT2D eigenvalue weighted by Gasteiger charge is -2.32. The van der Waals surface area contributed by atoms with Crippen molar-refractivity contribution in [3.05, 3.63) is 18.2 Å². The maximum Gasteiger partial charge on any atom is 0.265 e. The van der Waals surface area contributed by atoms with Crippen LogP contribution in [0.25, 0.3) is 0 Å². The van der Waals surface area contributed by atoms with Gasteiger partial charge in [-0.15, -0.1) is 0 Å². The molecule has 2 heterocycles. The van der Waals surface area contributed by atoms with Gasteiger partial charge in [-0.25, -0.2) is 13.1 Å². The van der Waals surface area contributed by atoms with Crippen LogP contribution in [0.15, 0.2) is 23.1 Å². The summed E-state index contributed by atoms with van der Waals surface area (Å²) in [5, 5.41) is 2.66. The molecule has 4 rings (SSSR count). The van der Waals surface area contributed by atoms with Crippen LogP contribution in [-0.4, -0.2) is 50.4 Å². The highest BCUT2D eigenvalue weighted by atomic mass is 32.2. The van der Waals surface area contributed by atoms with Gasteiger partial charge in [0.1, 0.15) is 5.75 Å². The predicted octanol–water partition coefficient (Wildman–Crippen LogP) is 1.09. The number of sulfonamides is 1. The van der Waals surface area contributed by atoms with Crippen LogP contribution in [0.5, 0.6) is 5.75 Å². The number of nitrogens with zero attached hydrogens (tertiary/aromatic N) is 1. The molecule has 0 unspecified atom stereocenters. The lowest BCUT2D eigenvalue weighted by molar-refractivity contribution is -0.133. The second-order valence-corrected chi connectivity index (χ2v) is 9.12. The first-order valence-corrected chi connectivity index (χ1v) is 10.7. The Morgan fingerprint density at radius 1 is 1.22 bits per heavy atom. The number of rotatable bonds is 4. The standard InChI is InChI=1S/C18H23N3O5S/c1-11-17(22)19-15-10-14(4-5-16(15)26-11)27(24,25)20-13-6-8-21(9-7-13)18(23)12-2-3-12/h4-5,10-13,20H,2-3,6-9H2,1H3,(H,19,22)/t11-/m1/s1. The van der Waals surface area contributed by atoms with E-state index in [-0.39, 0.29) is 28.7 Å². The van der Waals surface area contributed by atoms with Crippen molar-refractivity contribution in [3.8, 4) is 5.75 Å². The minimum absolute atomic E-state index is 0.0798. The molecule has 9 heteroatoms. The summed E-state index contributed by atoms with van der Waals surface area (Å²) >= 11 is 0. The van der Waals surface area contributed by atoms with Crippen molar-refractivity contribution in [2.24, 2.45) is 5.92 Å². The molecule has 27 heavy (non-hydrogen) atoms. The van der Waals surface area contributed by atoms with Gasteiger partial charge in [-0.1, -0.05) is 0 Å². The highest BCUT2D eigenvalue weighted by Gasteiger charge is 2.35. The molecule has 146 valence electrons. The normalized spacial score (nSPS) is 23.4. The van der Waals surface area contributed by atoms with Crippen LogP contribution in [0.2, 0.25) is 0 Å². The summed E-state index contributed by atoms with van der Waals surface area (Å²) in [6.45, 7) is 2.79. The molecular weight excluding hydrogens is 370 g/mol. The number of likely N-dealkylation sites (tertiary alicyclic amines) is 1. The van der Waals surface area contributed by atoms with Gasteiger partial charge in [0.2, 0.25) is 15.9 Å². The van der Waals surface area contributed by atoms with Gasteiger partial charge in [-0.3, -0.25) is 9.59 Å². The average Bonchev–Trinajstić information content (AvgIpc) is 3.47. The zero-order valence-electron chi connectivity index (χ0n) is 15.1. The molecule has 0 aromatic heterocycles. The molecule has 2 amide bonds. The predicted molar refractivity (Wildman–Crippen MR) is 97.8 cm³/mol. The lowest BCUT2D eigenvalue weighted by atomic mass is 10.1. The number of hydrogen-bond donors (Lipinski definition) is 2. The van der Waals surface area contributed by atoms with Crippen LogP contribution in [0, 0.1) is 5.92 Å². The number of nitrogens with one attached hydrogen (secondary N) is 2. The van der Waals surface area contributed by atoms with Crippen LogP contribution in [0.1, 0.15) is 32.6 Å². The van der Waals surface area contributed by atoms with Gasteiger partial charge in [0, 0.05) is 25.0 Å². The number of carbonyl (C=O) groups is 2. The van der Waals surface area contributed by atoms with Gasteiger partial charge in [0.05, 0.1) is 10.6 Å². The summed E-state index contributed by atoms with van der Waals surface area (Å²) in [4.78, 5) is 25.8. The van der Waals surface area contributed by atoms with Crippen molar-refractivity contribution in [2.45, 2.75) is 49.6 Å². The minimum atomic E-state index is -3.73. The monoisotopic (exact) mass is 393 g/mol. The Morgan fingerprint density at radius 2 is 1.93 bits per heavy atom. The number of hydrogen-bond acceptors (Lipinski definition) is 5. The van der Waals surface area contributed by atoms with E-state index in [9.17, 15) is 18.0 Å². The molecule has 1 aromatic rings. The van der Waals surface area contributed by atoms with E-state index in [4.69, 9.17) is 4.74 Å². The Kier molecular flexibility index (Phi) is 4.59. The van der Waals surface area contributed by atoms with E-state index >= 15 is 0 Å². The molecule has 2 fully saturated rings. The molecule has 1 aromatic carbocycles. The molecule has 0 bridgehead atoms. The Bertz CT molecular complexity index is 873. The smallest absolute Gasteiger partial charge is 0.265 e. The van der Waals surface area contributed by atoms with E-state index in [0.29, 0.717) is 37.4 Å². The van der Waals surface area contributed by atoms with Gasteiger partial charge < -0.3 is 15.0 Å². The van der Waals surface area contributed by atoms with E-state index in [1.165, 1.54) is 12.1 Å². The SMILES string of the molecule is C[C@H]1Oc2ccc(S(=O)(=O)NC3CCN(C(=O)C4CC4)CC3)cc2NC1=O. The molecule has 0 spiro atoms. The number of benzene rings is 1. The number of ether oxygens (including phenoxy) is 1. The summed E-state index contributed by atoms with van der Waals surface area (Å²) in [6.07, 6.45) is 2.53. The number of fused-ring (bicyclic) bond motifs is 1. The van der Waals surface area contributed by atoms with Crippen LogP contribution in [-0.2, 0) is 19.6 Å². The number of piperidine rings is 1. The first kappa shape index (κ1) is 18.2. The lowest BCUT2D eigenvalue weighted by Crippen LogP contribution is -2.46. The minimum Gasteiger partial charge on any atom is -0.479 e. The maximum absolute atomic E-state index is 12.7. The van der Waals surface area contributed by atoms with Crippen molar-refractivity contribution in [2.75, 3.05) is 18.4 Å². The second-order valence-electron chi connectivity index (χ2n) is 7.40. The second kappa shape index (κ2) is 6.79. The Balaban J connectivity index is 1.41. The number of carbonyl (C=O) groups excluding carboxylic acids is 2. The summed E-state index contributed by atoms with van der Waals surface area (Å²) in [5.74, 6) is 0.538. The van der Waals surface area contributed by atoms with Crippen molar-refractivity contribution in [1.29, 1.82) is 0 Å². The molecule has 1 aliphatic carbocycles. The van der Waals surface area contributed by atoms with Gasteiger partial charge in [0.25, 0.3) is 5.91 Å². The first-order chi connectivity index (χ1) is 12.8. The average molecular weight is 393 g/mol. The summed E-state index contributed by atoms with van der Waals surface area (Å²) in [6, 6.07) is 4.22. The molecule has 1 atom stereocenters. The Hall–Kier alpha value is -2.13. The summed E-state index contributed by atoms with van der Waals surface area (Å²) in [7, 11) is -3.73. The van der Waals surface area contributed by atoms with Crippen molar-refractivity contribution in [3.63, 3.8) is 0 Å². The third-order valence-corrected chi connectivity index (χ3v) is 6.77. The zero-order chi connectivity index (χ0) is 19.2. The number of amides is 2. The molecule has 1 saturated carbocycles. The van der Waals surface area contributed by atoms with E-state index in [1.54, 1.807) is 13.0 Å². The molecule has 3 aliphatic rings. The van der Waals surface area contributed by atoms with Gasteiger partial charge in [-0.2, -0.15) is 0 Å². The van der Waals surface area contributed by atoms with Crippen LogP contribution in [0.4, 0.5) is 5.69 Å². The van der Waals surface area contributed by atoms with Gasteiger partial charge in [0.15, 0.2) is 6.10 Å². The molecule has 2 aliphatic heterocycles. The fourth-order valence-corrected chi connectivity index (χ4v) is 4.78. The third kappa shape index (κ3) is 3.79. The summed E-state index contributed by atoms with van der Waals surface area (Å²) < 4.78 is 33.6. The van der Waals surface area contributed by atoms with E-state index < -0.39 is 16.1 Å². The first-order valence-electron chi connectivity index (χ1n) is 9.26. The third-order valence-electron chi connectivity index (χ3n) is 5.25. The van der Waals surface area contributed by atoms with E-state index in [0.717, 1.165) is 12.8 Å². The van der Waals surface area contributed by atoms with Crippen LogP contribution in [0.3, 0.4) is 0 Å². The van der Waals surface area contributed by atoms with E-state index in [2.05, 4.69) is 10.0 Å². The van der Waals surface area contributed by atoms with Crippen molar-refractivity contribution < 1.29 is 22.7 Å². The topological polar surface area (TPSA) is 105 Å². The largest absolute Gasteiger partial charge is 0.479 e. The van der Waals surface area contributed by atoms with Gasteiger partial charge >= 0.3 is 0 Å². The highest BCUT2D eigenvalue weighted by Crippen LogP contribution is 2.33. The number of anilines is 1. The van der Waals surface area contributed by atoms with Gasteiger partial charge in [-0.05, 0) is 50.8 Å². The van der Waals surface area contributed by atoms with Crippen LogP contribution < -0.4 is 14.8 Å². The Labute approximate surface area is 158 Å². The fraction of sp³-hybridized carbons (Fsp3) is 0.556. The van der Waals surface area contributed by atoms with E-state index in [1.807, 2.05) is 4.90 Å². The molecule has 1 saturated heterocycles. The summed E-state index contributed by atoms with van der Waals surface area (Å²) in [5.41, 5.74) is 0.353. The molecule has 0 radical (unpaired) electrons. The van der Waals surface area contributed by atoms with Crippen LogP contribution >= 0.6 is 0 Å². The zero-order valence-corrected chi connectivity index (χ0v) is 15.9. The molecule has 8 nitrogen and oxygen atoms in total. The van der Waals surface area contributed by atoms with Crippen molar-refractivity contribution in [1.82, 2.24) is 9.62 Å². The fourth-order valence-electron chi connectivity index (χ4n) is 3.45. The molecular formula is C18H23N3O5S. The highest BCUT2D eigenvalue weighted by molar-refractivity contribution is 7.89. The Morgan fingerprint density at radius 3 is 2.59 bits per heavy atom. The molecule has 2 N–H and O–H groups in total. The van der Waals surface area contributed by atoms with Crippen molar-refractivity contribution >= 4 is 27.5 Å². The quantitative estimate of drug-likeness (QED) is 0.797.